The van der Waals surface area contributed by atoms with Gasteiger partial charge in [0.1, 0.15) is 11.4 Å². The summed E-state index contributed by atoms with van der Waals surface area (Å²) in [6.07, 6.45) is 1.28. The number of carboxylic acid groups (broad SMARTS) is 1. The van der Waals surface area contributed by atoms with Gasteiger partial charge in [0.15, 0.2) is 0 Å². The summed E-state index contributed by atoms with van der Waals surface area (Å²) >= 11 is 5.74. The van der Waals surface area contributed by atoms with Gasteiger partial charge in [0.05, 0.1) is 10.5 Å². The van der Waals surface area contributed by atoms with Gasteiger partial charge in [-0.25, -0.2) is 9.18 Å². The van der Waals surface area contributed by atoms with E-state index in [2.05, 4.69) is 0 Å². The third kappa shape index (κ3) is 3.65. The maximum Gasteiger partial charge on any atom is 0.341 e. The topological polar surface area (TPSA) is 59.3 Å². The molecule has 0 bridgehead atoms. The van der Waals surface area contributed by atoms with Crippen molar-refractivity contribution in [1.82, 2.24) is 4.57 Å². The number of aromatic nitrogens is 1. The summed E-state index contributed by atoms with van der Waals surface area (Å²) in [6.45, 7) is 8.41. The molecule has 2 rings (SSSR count). The Hall–Kier alpha value is -1.88. The molecule has 0 aliphatic carbocycles. The van der Waals surface area contributed by atoms with Crippen LogP contribution in [0.5, 0.6) is 0 Å². The first-order valence-corrected chi connectivity index (χ1v) is 7.44. The number of pyridine rings is 1. The lowest BCUT2D eigenvalue weighted by Crippen LogP contribution is -2.20. The van der Waals surface area contributed by atoms with Crippen LogP contribution in [0.1, 0.15) is 38.1 Å². The summed E-state index contributed by atoms with van der Waals surface area (Å²) < 4.78 is 15.1. The molecule has 0 atom stereocenters. The minimum atomic E-state index is -1.33. The van der Waals surface area contributed by atoms with Crippen molar-refractivity contribution in [3.8, 4) is 0 Å². The molecule has 0 aliphatic rings. The van der Waals surface area contributed by atoms with Crippen LogP contribution in [-0.4, -0.2) is 15.6 Å². The molecule has 0 unspecified atom stereocenters. The Morgan fingerprint density at radius 1 is 1.36 bits per heavy atom. The quantitative estimate of drug-likeness (QED) is 0.920. The molecular weight excluding hydrogens is 309 g/mol. The van der Waals surface area contributed by atoms with Crippen LogP contribution in [0, 0.1) is 11.7 Å². The van der Waals surface area contributed by atoms with Crippen LogP contribution in [0.4, 0.5) is 4.39 Å². The molecule has 0 fully saturated rings. The molecule has 1 N–H and O–H groups in total. The van der Waals surface area contributed by atoms with Crippen molar-refractivity contribution < 1.29 is 14.3 Å². The molecule has 0 aliphatic heterocycles. The van der Waals surface area contributed by atoms with Crippen LogP contribution in [0.2, 0.25) is 5.02 Å². The molecule has 22 heavy (non-hydrogen) atoms. The molecule has 0 amide bonds. The Bertz CT molecular complexity index is 753. The number of hydrogen-bond donors (Lipinski definition) is 1. The minimum Gasteiger partial charge on any atom is -0.477 e. The normalized spacial score (nSPS) is 10.5. The van der Waals surface area contributed by atoms with E-state index in [-0.39, 0.29) is 21.9 Å². The van der Waals surface area contributed by atoms with E-state index in [1.807, 2.05) is 27.7 Å². The first-order valence-electron chi connectivity index (χ1n) is 7.06. The van der Waals surface area contributed by atoms with E-state index in [0.717, 1.165) is 6.07 Å². The lowest BCUT2D eigenvalue weighted by Gasteiger charge is -2.14. The largest absolute Gasteiger partial charge is 0.477 e. The van der Waals surface area contributed by atoms with Crippen LogP contribution in [-0.2, 0) is 6.54 Å². The number of carboxylic acids is 1. The second-order valence-electron chi connectivity index (χ2n) is 5.01. The predicted octanol–water partition coefficient (Wildman–Crippen LogP) is 4.17. The van der Waals surface area contributed by atoms with Crippen LogP contribution in [0.25, 0.3) is 10.9 Å². The highest BCUT2D eigenvalue weighted by Gasteiger charge is 2.16. The second kappa shape index (κ2) is 7.40. The highest BCUT2D eigenvalue weighted by atomic mass is 35.5. The van der Waals surface area contributed by atoms with Gasteiger partial charge in [0, 0.05) is 18.1 Å². The maximum absolute atomic E-state index is 13.5. The number of hydrogen-bond acceptors (Lipinski definition) is 2. The third-order valence-electron chi connectivity index (χ3n) is 2.91. The average molecular weight is 328 g/mol. The van der Waals surface area contributed by atoms with Gasteiger partial charge in [-0.2, -0.15) is 0 Å². The fourth-order valence-corrected chi connectivity index (χ4v) is 2.24. The van der Waals surface area contributed by atoms with E-state index >= 15 is 0 Å². The first-order chi connectivity index (χ1) is 10.3. The molecule has 4 nitrogen and oxygen atoms in total. The van der Waals surface area contributed by atoms with Crippen LogP contribution < -0.4 is 5.43 Å². The number of benzene rings is 1. The van der Waals surface area contributed by atoms with E-state index in [9.17, 15) is 14.0 Å². The van der Waals surface area contributed by atoms with Gasteiger partial charge >= 0.3 is 5.97 Å². The first kappa shape index (κ1) is 18.2. The zero-order valence-electron chi connectivity index (χ0n) is 13.0. The smallest absolute Gasteiger partial charge is 0.341 e. The number of nitrogens with zero attached hydrogens (tertiary/aromatic N) is 1. The lowest BCUT2D eigenvalue weighted by molar-refractivity contribution is 0.0694. The Balaban J connectivity index is 0.00000116. The predicted molar refractivity (Wildman–Crippen MR) is 86.3 cm³/mol. The van der Waals surface area contributed by atoms with Crippen molar-refractivity contribution in [2.75, 3.05) is 0 Å². The van der Waals surface area contributed by atoms with Crippen molar-refractivity contribution in [3.63, 3.8) is 0 Å². The van der Waals surface area contributed by atoms with Gasteiger partial charge in [0.25, 0.3) is 0 Å². The number of halogens is 2. The average Bonchev–Trinajstić information content (AvgIpc) is 2.45. The van der Waals surface area contributed by atoms with Gasteiger partial charge in [-0.1, -0.05) is 39.3 Å². The van der Waals surface area contributed by atoms with Crippen LogP contribution in [0.3, 0.4) is 0 Å². The van der Waals surface area contributed by atoms with Crippen molar-refractivity contribution in [2.24, 2.45) is 5.92 Å². The minimum absolute atomic E-state index is 0.0208. The molecule has 0 saturated carbocycles. The summed E-state index contributed by atoms with van der Waals surface area (Å²) in [5.41, 5.74) is -0.650. The van der Waals surface area contributed by atoms with Crippen LogP contribution >= 0.6 is 11.6 Å². The fourth-order valence-electron chi connectivity index (χ4n) is 2.08. The summed E-state index contributed by atoms with van der Waals surface area (Å²) in [5, 5.41) is 9.00. The molecule has 0 spiro atoms. The van der Waals surface area contributed by atoms with Crippen molar-refractivity contribution in [3.05, 3.63) is 45.0 Å². The molecule has 6 heteroatoms. The zero-order valence-corrected chi connectivity index (χ0v) is 13.7. The number of fused-ring (bicyclic) bond motifs is 1. The van der Waals surface area contributed by atoms with Gasteiger partial charge in [-0.3, -0.25) is 4.79 Å². The molecule has 0 radical (unpaired) electrons. The maximum atomic E-state index is 13.5. The van der Waals surface area contributed by atoms with Gasteiger partial charge in [-0.05, 0) is 18.1 Å². The SMILES string of the molecule is CC.CC(C)Cn1cc(C(=O)O)c(=O)c2cc(F)c(Cl)cc21. The highest BCUT2D eigenvalue weighted by Crippen LogP contribution is 2.22. The van der Waals surface area contributed by atoms with Crippen LogP contribution in [0.15, 0.2) is 23.1 Å². The summed E-state index contributed by atoms with van der Waals surface area (Å²) in [4.78, 5) is 23.2. The Morgan fingerprint density at radius 3 is 2.45 bits per heavy atom. The van der Waals surface area contributed by atoms with E-state index in [1.54, 1.807) is 4.57 Å². The monoisotopic (exact) mass is 327 g/mol. The molecule has 1 aromatic carbocycles. The number of aromatic carboxylic acids is 1. The highest BCUT2D eigenvalue weighted by molar-refractivity contribution is 6.31. The summed E-state index contributed by atoms with van der Waals surface area (Å²) in [6, 6.07) is 2.34. The Labute approximate surface area is 133 Å². The number of carbonyl (C=O) groups is 1. The Morgan fingerprint density at radius 2 is 1.95 bits per heavy atom. The summed E-state index contributed by atoms with van der Waals surface area (Å²) in [5.74, 6) is -1.84. The molecule has 1 heterocycles. The zero-order chi connectivity index (χ0) is 17.0. The summed E-state index contributed by atoms with van der Waals surface area (Å²) in [7, 11) is 0. The molecule has 0 saturated heterocycles. The van der Waals surface area contributed by atoms with E-state index in [0.29, 0.717) is 12.1 Å². The fraction of sp³-hybridized carbons (Fsp3) is 0.375. The third-order valence-corrected chi connectivity index (χ3v) is 3.20. The molecule has 1 aromatic heterocycles. The van der Waals surface area contributed by atoms with Gasteiger partial charge < -0.3 is 9.67 Å². The van der Waals surface area contributed by atoms with Crippen molar-refractivity contribution in [2.45, 2.75) is 34.2 Å². The van der Waals surface area contributed by atoms with Crippen molar-refractivity contribution in [1.29, 1.82) is 0 Å². The number of rotatable bonds is 3. The standard InChI is InChI=1S/C14H13ClFNO3.C2H6/c1-7(2)5-17-6-9(14(19)20)13(18)8-3-11(16)10(15)4-12(8)17;1-2/h3-4,6-7H,5H2,1-2H3,(H,19,20);1-2H3. The van der Waals surface area contributed by atoms with E-state index < -0.39 is 17.2 Å². The molecule has 2 aromatic rings. The Kier molecular flexibility index (Phi) is 6.11. The second-order valence-corrected chi connectivity index (χ2v) is 5.41. The lowest BCUT2D eigenvalue weighted by atomic mass is 10.1. The van der Waals surface area contributed by atoms with E-state index in [1.165, 1.54) is 12.3 Å². The van der Waals surface area contributed by atoms with Crippen molar-refractivity contribution >= 4 is 28.5 Å². The van der Waals surface area contributed by atoms with Gasteiger partial charge in [0.2, 0.25) is 5.43 Å². The molecular formula is C16H19ClFNO3. The van der Waals surface area contributed by atoms with Gasteiger partial charge in [-0.15, -0.1) is 0 Å². The van der Waals surface area contributed by atoms with E-state index in [4.69, 9.17) is 16.7 Å². The molecule has 120 valence electrons.